The average molecular weight is 240 g/mol. The zero-order valence-corrected chi connectivity index (χ0v) is 9.39. The lowest BCUT2D eigenvalue weighted by Crippen LogP contribution is -2.39. The highest BCUT2D eigenvalue weighted by Gasteiger charge is 2.18. The summed E-state index contributed by atoms with van der Waals surface area (Å²) in [4.78, 5) is 6.21. The number of anilines is 1. The van der Waals surface area contributed by atoms with E-state index in [-0.39, 0.29) is 24.8 Å². The summed E-state index contributed by atoms with van der Waals surface area (Å²) in [5.74, 6) is 0. The summed E-state index contributed by atoms with van der Waals surface area (Å²) < 4.78 is 5.18. The van der Waals surface area contributed by atoms with Crippen molar-refractivity contribution in [3.8, 4) is 0 Å². The number of aromatic nitrogens is 1. The molecule has 14 heavy (non-hydrogen) atoms. The van der Waals surface area contributed by atoms with E-state index < -0.39 is 0 Å². The Hall–Kier alpha value is -0.450. The molecule has 0 radical (unpaired) electrons. The largest absolute Gasteiger partial charge is 0.432 e. The van der Waals surface area contributed by atoms with Gasteiger partial charge in [0.15, 0.2) is 0 Å². The van der Waals surface area contributed by atoms with Gasteiger partial charge in [-0.25, -0.2) is 4.98 Å². The molecule has 6 heteroatoms. The van der Waals surface area contributed by atoms with Gasteiger partial charge in [0.25, 0.3) is 6.01 Å². The molecule has 0 aliphatic carbocycles. The Balaban J connectivity index is 0.000000845. The molecule has 0 atom stereocenters. The van der Waals surface area contributed by atoms with Gasteiger partial charge in [-0.05, 0) is 12.8 Å². The highest BCUT2D eigenvalue weighted by Crippen LogP contribution is 2.16. The highest BCUT2D eigenvalue weighted by atomic mass is 35.5. The maximum atomic E-state index is 5.77. The molecule has 1 saturated heterocycles. The summed E-state index contributed by atoms with van der Waals surface area (Å²) in [5.41, 5.74) is 5.77. The van der Waals surface area contributed by atoms with Crippen LogP contribution in [0, 0.1) is 0 Å². The molecule has 0 unspecified atom stereocenters. The molecule has 2 N–H and O–H groups in total. The van der Waals surface area contributed by atoms with Gasteiger partial charge in [-0.1, -0.05) is 0 Å². The van der Waals surface area contributed by atoms with E-state index >= 15 is 0 Å². The summed E-state index contributed by atoms with van der Waals surface area (Å²) in [6.45, 7) is 1.92. The van der Waals surface area contributed by atoms with Gasteiger partial charge in [-0.2, -0.15) is 0 Å². The van der Waals surface area contributed by atoms with Gasteiger partial charge < -0.3 is 15.1 Å². The van der Waals surface area contributed by atoms with Gasteiger partial charge in [-0.15, -0.1) is 24.8 Å². The maximum absolute atomic E-state index is 5.77. The molecule has 2 rings (SSSR count). The molecule has 0 aromatic carbocycles. The second-order valence-corrected chi connectivity index (χ2v) is 3.14. The number of nitrogens with two attached hydrogens (primary N) is 1. The number of halogens is 2. The van der Waals surface area contributed by atoms with E-state index in [4.69, 9.17) is 10.2 Å². The molecular formula is C8H15Cl2N3O. The van der Waals surface area contributed by atoms with E-state index in [1.54, 1.807) is 12.5 Å². The predicted molar refractivity (Wildman–Crippen MR) is 60.4 cm³/mol. The van der Waals surface area contributed by atoms with Crippen molar-refractivity contribution in [2.24, 2.45) is 5.73 Å². The minimum atomic E-state index is 0. The van der Waals surface area contributed by atoms with Crippen molar-refractivity contribution in [3.63, 3.8) is 0 Å². The second kappa shape index (κ2) is 6.11. The first kappa shape index (κ1) is 13.5. The van der Waals surface area contributed by atoms with E-state index in [0.29, 0.717) is 6.04 Å². The van der Waals surface area contributed by atoms with Crippen LogP contribution in [0.15, 0.2) is 16.9 Å². The van der Waals surface area contributed by atoms with Gasteiger partial charge in [-0.3, -0.25) is 0 Å². The van der Waals surface area contributed by atoms with Crippen LogP contribution < -0.4 is 10.6 Å². The molecule has 2 heterocycles. The number of piperidine rings is 1. The lowest BCUT2D eigenvalue weighted by atomic mass is 10.1. The molecule has 0 amide bonds. The SMILES string of the molecule is Cl.Cl.NC1CCN(c2ncco2)CC1. The topological polar surface area (TPSA) is 55.3 Å². The zero-order valence-electron chi connectivity index (χ0n) is 7.76. The lowest BCUT2D eigenvalue weighted by molar-refractivity contribution is 0.457. The standard InChI is InChI=1S/C8H13N3O.2ClH/c9-7-1-4-11(5-2-7)8-10-3-6-12-8;;/h3,6-7H,1-2,4-5,9H2;2*1H. The lowest BCUT2D eigenvalue weighted by Gasteiger charge is -2.28. The van der Waals surface area contributed by atoms with E-state index in [9.17, 15) is 0 Å². The third kappa shape index (κ3) is 3.04. The van der Waals surface area contributed by atoms with Crippen LogP contribution in [0.25, 0.3) is 0 Å². The normalized spacial score (nSPS) is 17.1. The van der Waals surface area contributed by atoms with Crippen LogP contribution in [-0.4, -0.2) is 24.1 Å². The first-order valence-electron chi connectivity index (χ1n) is 4.26. The summed E-state index contributed by atoms with van der Waals surface area (Å²) in [5, 5.41) is 0. The van der Waals surface area contributed by atoms with Crippen LogP contribution in [0.4, 0.5) is 6.01 Å². The molecule has 0 spiro atoms. The molecule has 0 saturated carbocycles. The number of oxazole rings is 1. The molecule has 4 nitrogen and oxygen atoms in total. The molecule has 1 aromatic heterocycles. The van der Waals surface area contributed by atoms with Gasteiger partial charge in [0, 0.05) is 19.1 Å². The van der Waals surface area contributed by atoms with Gasteiger partial charge >= 0.3 is 0 Å². The molecule has 82 valence electrons. The molecule has 1 aliphatic rings. The van der Waals surface area contributed by atoms with Crippen LogP contribution in [0.2, 0.25) is 0 Å². The third-order valence-corrected chi connectivity index (χ3v) is 2.23. The summed E-state index contributed by atoms with van der Waals surface area (Å²) >= 11 is 0. The smallest absolute Gasteiger partial charge is 0.297 e. The Morgan fingerprint density at radius 2 is 2.00 bits per heavy atom. The molecule has 1 fully saturated rings. The van der Waals surface area contributed by atoms with E-state index in [0.717, 1.165) is 31.9 Å². The average Bonchev–Trinajstić information content (AvgIpc) is 2.58. The summed E-state index contributed by atoms with van der Waals surface area (Å²) in [7, 11) is 0. The van der Waals surface area contributed by atoms with Crippen molar-refractivity contribution >= 4 is 30.8 Å². The number of nitrogens with zero attached hydrogens (tertiary/aromatic N) is 2. The second-order valence-electron chi connectivity index (χ2n) is 3.14. The van der Waals surface area contributed by atoms with Crippen LogP contribution in [0.3, 0.4) is 0 Å². The molecule has 0 bridgehead atoms. The predicted octanol–water partition coefficient (Wildman–Crippen LogP) is 1.45. The van der Waals surface area contributed by atoms with E-state index in [2.05, 4.69) is 9.88 Å². The van der Waals surface area contributed by atoms with E-state index in [1.165, 1.54) is 0 Å². The quantitative estimate of drug-likeness (QED) is 0.807. The Bertz CT molecular complexity index is 235. The van der Waals surface area contributed by atoms with Crippen molar-refractivity contribution in [1.82, 2.24) is 4.98 Å². The Kier molecular flexibility index (Phi) is 5.92. The molecular weight excluding hydrogens is 225 g/mol. The van der Waals surface area contributed by atoms with Gasteiger partial charge in [0.1, 0.15) is 6.26 Å². The monoisotopic (exact) mass is 239 g/mol. The van der Waals surface area contributed by atoms with Crippen LogP contribution in [0.1, 0.15) is 12.8 Å². The number of hydrogen-bond donors (Lipinski definition) is 1. The zero-order chi connectivity index (χ0) is 8.39. The first-order valence-corrected chi connectivity index (χ1v) is 4.26. The Morgan fingerprint density at radius 1 is 1.36 bits per heavy atom. The summed E-state index contributed by atoms with van der Waals surface area (Å²) in [6, 6.07) is 1.08. The summed E-state index contributed by atoms with van der Waals surface area (Å²) in [6.07, 6.45) is 5.33. The minimum absolute atomic E-state index is 0. The number of rotatable bonds is 1. The fourth-order valence-corrected chi connectivity index (χ4v) is 1.46. The fraction of sp³-hybridized carbons (Fsp3) is 0.625. The van der Waals surface area contributed by atoms with E-state index in [1.807, 2.05) is 0 Å². The highest BCUT2D eigenvalue weighted by molar-refractivity contribution is 5.85. The van der Waals surface area contributed by atoms with Crippen LogP contribution in [0.5, 0.6) is 0 Å². The van der Waals surface area contributed by atoms with Crippen molar-refractivity contribution in [1.29, 1.82) is 0 Å². The van der Waals surface area contributed by atoms with Crippen molar-refractivity contribution in [2.45, 2.75) is 18.9 Å². The molecule has 1 aromatic rings. The van der Waals surface area contributed by atoms with Crippen molar-refractivity contribution in [2.75, 3.05) is 18.0 Å². The maximum Gasteiger partial charge on any atom is 0.297 e. The third-order valence-electron chi connectivity index (χ3n) is 2.23. The van der Waals surface area contributed by atoms with Crippen molar-refractivity contribution in [3.05, 3.63) is 12.5 Å². The number of hydrogen-bond acceptors (Lipinski definition) is 4. The Morgan fingerprint density at radius 3 is 2.50 bits per heavy atom. The van der Waals surface area contributed by atoms with Gasteiger partial charge in [0.2, 0.25) is 0 Å². The fourth-order valence-electron chi connectivity index (χ4n) is 1.46. The Labute approximate surface area is 95.7 Å². The minimum Gasteiger partial charge on any atom is -0.432 e. The molecule has 1 aliphatic heterocycles. The van der Waals surface area contributed by atoms with Gasteiger partial charge in [0.05, 0.1) is 6.20 Å². The van der Waals surface area contributed by atoms with Crippen LogP contribution in [-0.2, 0) is 0 Å². The van der Waals surface area contributed by atoms with Crippen LogP contribution >= 0.6 is 24.8 Å². The van der Waals surface area contributed by atoms with Crippen molar-refractivity contribution < 1.29 is 4.42 Å². The first-order chi connectivity index (χ1) is 5.86.